The summed E-state index contributed by atoms with van der Waals surface area (Å²) in [6.45, 7) is 15.5. The third kappa shape index (κ3) is 21.4. The first-order valence-corrected chi connectivity index (χ1v) is 24.7. The number of ether oxygens (including phenoxy) is 4. The molecule has 61 heavy (non-hydrogen) atoms. The average Bonchev–Trinajstić information content (AvgIpc) is 3.77. The van der Waals surface area contributed by atoms with E-state index in [1.807, 2.05) is 34.8 Å². The maximum Gasteiger partial charge on any atom is 0.524 e. The molecule has 4 rings (SSSR count). The summed E-state index contributed by atoms with van der Waals surface area (Å²) in [4.78, 5) is 31.9. The Morgan fingerprint density at radius 3 is 1.66 bits per heavy atom. The fraction of sp³-hybridized carbons (Fsp3) is 0.611. The molecule has 2 aromatic rings. The molecule has 2 fully saturated rings. The number of halogens is 6. The van der Waals surface area contributed by atoms with Crippen molar-refractivity contribution in [2.45, 2.75) is 108 Å². The first-order chi connectivity index (χ1) is 27.8. The van der Waals surface area contributed by atoms with Gasteiger partial charge in [0.05, 0.1) is 44.2 Å². The van der Waals surface area contributed by atoms with Crippen molar-refractivity contribution in [3.05, 3.63) is 69.8 Å². The van der Waals surface area contributed by atoms with Crippen LogP contribution in [0.2, 0.25) is 19.6 Å². The average molecular weight is 943 g/mol. The zero-order valence-corrected chi connectivity index (χ0v) is 37.1. The van der Waals surface area contributed by atoms with Crippen LogP contribution in [0.15, 0.2) is 48.5 Å². The van der Waals surface area contributed by atoms with Crippen molar-refractivity contribution in [3.63, 3.8) is 0 Å². The number of Topliss-reactive ketones (excluding diaryl/α,β-unsaturated/α-hetero) is 2. The number of alkyl halides is 6. The first-order valence-electron chi connectivity index (χ1n) is 18.5. The van der Waals surface area contributed by atoms with Crippen molar-refractivity contribution >= 4 is 51.5 Å². The summed E-state index contributed by atoms with van der Waals surface area (Å²) in [7, 11) is -14.9. The van der Waals surface area contributed by atoms with Gasteiger partial charge in [-0.3, -0.25) is 19.7 Å². The number of hydrogen-bond acceptors (Lipinski definition) is 15. The van der Waals surface area contributed by atoms with E-state index >= 15 is 0 Å². The van der Waals surface area contributed by atoms with Gasteiger partial charge in [-0.15, -0.1) is 3.63 Å². The highest BCUT2D eigenvalue weighted by molar-refractivity contribution is 8.00. The van der Waals surface area contributed by atoms with Crippen molar-refractivity contribution in [3.8, 4) is 0 Å². The Kier molecular flexibility index (Phi) is 21.6. The van der Waals surface area contributed by atoms with Gasteiger partial charge in [-0.2, -0.15) is 43.2 Å². The molecule has 0 aromatic heterocycles. The minimum absolute atomic E-state index is 0.0313. The molecule has 2 saturated heterocycles. The number of nitro benzene ring substituents is 1. The molecule has 2 aromatic carbocycles. The predicted octanol–water partition coefficient (Wildman–Crippen LogP) is 7.12. The van der Waals surface area contributed by atoms with Crippen LogP contribution in [-0.4, -0.2) is 97.3 Å². The van der Waals surface area contributed by atoms with Crippen molar-refractivity contribution in [2.24, 2.45) is 0 Å². The number of nitrogen functional groups attached to an aromatic ring is 1. The van der Waals surface area contributed by atoms with Crippen LogP contribution in [0.25, 0.3) is 0 Å². The van der Waals surface area contributed by atoms with Gasteiger partial charge < -0.3 is 29.1 Å². The normalized spacial score (nSPS) is 16.2. The molecule has 348 valence electrons. The monoisotopic (exact) mass is 942 g/mol. The van der Waals surface area contributed by atoms with E-state index in [1.54, 1.807) is 12.1 Å². The maximum atomic E-state index is 11.4. The van der Waals surface area contributed by atoms with Gasteiger partial charge in [0.25, 0.3) is 5.69 Å². The third-order valence-electron chi connectivity index (χ3n) is 7.85. The van der Waals surface area contributed by atoms with Gasteiger partial charge in [0.15, 0.2) is 19.9 Å². The van der Waals surface area contributed by atoms with Crippen molar-refractivity contribution in [1.82, 2.24) is 0 Å². The number of carbonyl (C=O) groups is 2. The largest absolute Gasteiger partial charge is 0.524 e. The molecule has 0 radical (unpaired) electrons. The lowest BCUT2D eigenvalue weighted by Gasteiger charge is -2.34. The number of hydrogen-bond donors (Lipinski definition) is 1. The number of carbonyl (C=O) groups excluding carboxylic acids is 2. The third-order valence-corrected chi connectivity index (χ3v) is 11.5. The van der Waals surface area contributed by atoms with Crippen LogP contribution < -0.4 is 5.73 Å². The molecule has 2 heterocycles. The molecule has 25 heteroatoms. The topological polar surface area (TPSA) is 227 Å². The van der Waals surface area contributed by atoms with E-state index in [0.29, 0.717) is 39.3 Å². The number of ketones is 2. The fourth-order valence-corrected chi connectivity index (χ4v) is 7.41. The summed E-state index contributed by atoms with van der Waals surface area (Å²) in [5.74, 6) is -1.46. The molecule has 2 N–H and O–H groups in total. The summed E-state index contributed by atoms with van der Waals surface area (Å²) in [6, 6.07) is 14.0. The van der Waals surface area contributed by atoms with Gasteiger partial charge in [0.1, 0.15) is 11.6 Å². The number of rotatable bonds is 16. The zero-order chi connectivity index (χ0) is 46.9. The predicted molar refractivity (Wildman–Crippen MR) is 211 cm³/mol. The first kappa shape index (κ1) is 55.5. The molecule has 0 aliphatic carbocycles. The molecule has 16 nitrogen and oxygen atoms in total. The number of anilines is 1. The van der Waals surface area contributed by atoms with Crippen LogP contribution in [0.1, 0.15) is 64.0 Å². The Bertz CT molecular complexity index is 1870. The molecule has 0 atom stereocenters. The lowest BCUT2D eigenvalue weighted by molar-refractivity contribution is -0.384. The minimum atomic E-state index is -6.85. The molecule has 0 unspecified atom stereocenters. The minimum Gasteiger partial charge on any atom is -0.418 e. The SMILES string of the molecule is CC(=O)CC(=O)CCc1ccc([N+](=O)[O-])cc1.CC1(CC2(CCc3ccc(N)cc3)OCCO2)OCCO1.CCCO[Si](C)(C)C.O=S(=O)(OS(=O)(=O)C(F)(F)F)C(F)(F)F. The van der Waals surface area contributed by atoms with E-state index in [9.17, 15) is 62.9 Å². The second-order valence-corrected chi connectivity index (χ2v) is 22.3. The van der Waals surface area contributed by atoms with Gasteiger partial charge in [-0.25, -0.2) is 0 Å². The Balaban J connectivity index is 0.000000426. The van der Waals surface area contributed by atoms with E-state index in [-0.39, 0.29) is 30.1 Å². The van der Waals surface area contributed by atoms with Crippen LogP contribution in [-0.2, 0) is 69.7 Å². The van der Waals surface area contributed by atoms with Crippen molar-refractivity contribution in [1.29, 1.82) is 0 Å². The molecular formula is C36H52F6N2O14S2Si. The Hall–Kier alpha value is -3.56. The highest BCUT2D eigenvalue weighted by Crippen LogP contribution is 2.37. The molecule has 2 aliphatic rings. The Labute approximate surface area is 351 Å². The fourth-order valence-electron chi connectivity index (χ4n) is 5.04. The van der Waals surface area contributed by atoms with Crippen LogP contribution in [0, 0.1) is 10.1 Å². The summed E-state index contributed by atoms with van der Waals surface area (Å²) >= 11 is 0. The van der Waals surface area contributed by atoms with E-state index in [4.69, 9.17) is 29.1 Å². The van der Waals surface area contributed by atoms with E-state index < -0.39 is 56.1 Å². The summed E-state index contributed by atoms with van der Waals surface area (Å²) in [5.41, 5.74) is -3.91. The second kappa shape index (κ2) is 23.8. The number of benzene rings is 2. The number of nitrogens with two attached hydrogens (primary N) is 1. The smallest absolute Gasteiger partial charge is 0.418 e. The van der Waals surface area contributed by atoms with Crippen LogP contribution >= 0.6 is 0 Å². The van der Waals surface area contributed by atoms with Crippen molar-refractivity contribution < 1.29 is 84.7 Å². The highest BCUT2D eigenvalue weighted by Gasteiger charge is 2.57. The van der Waals surface area contributed by atoms with Gasteiger partial charge in [0, 0.05) is 37.3 Å². The number of nitro groups is 1. The van der Waals surface area contributed by atoms with Crippen LogP contribution in [0.3, 0.4) is 0 Å². The summed E-state index contributed by atoms with van der Waals surface area (Å²) < 4.78 is 139. The van der Waals surface area contributed by atoms with Gasteiger partial charge >= 0.3 is 31.3 Å². The summed E-state index contributed by atoms with van der Waals surface area (Å²) in [6.07, 6.45) is 4.14. The van der Waals surface area contributed by atoms with E-state index in [2.05, 4.69) is 26.6 Å². The molecule has 0 bridgehead atoms. The highest BCUT2D eigenvalue weighted by atomic mass is 32.3. The summed E-state index contributed by atoms with van der Waals surface area (Å²) in [5, 5.41) is 10.4. The van der Waals surface area contributed by atoms with Gasteiger partial charge in [-0.05, 0) is 76.0 Å². The van der Waals surface area contributed by atoms with Crippen LogP contribution in [0.4, 0.5) is 37.7 Å². The quantitative estimate of drug-likeness (QED) is 0.0336. The molecule has 0 spiro atoms. The standard InChI is InChI=1S/C16H23NO4.C12H13NO4.C6H16OSi.C2F6O5S2/c1-15(18-8-9-19-15)12-16(20-10-11-21-16)7-6-13-2-4-14(17)5-3-13;1-9(14)8-12(15)7-4-10-2-5-11(6-3-10)13(16)17;1-5-6-7-8(2,3)4;3-1(4,5)14(9,10)13-15(11,12)2(6,7)8/h2-5H,6-12,17H2,1H3;2-3,5-6H,4,7-8H2,1H3;5-6H2,1-4H3;. The number of non-ortho nitro benzene ring substituents is 1. The Morgan fingerprint density at radius 1 is 0.820 bits per heavy atom. The lowest BCUT2D eigenvalue weighted by Crippen LogP contribution is -2.41. The molecule has 0 saturated carbocycles. The van der Waals surface area contributed by atoms with Crippen molar-refractivity contribution in [2.75, 3.05) is 38.8 Å². The Morgan fingerprint density at radius 2 is 1.26 bits per heavy atom. The van der Waals surface area contributed by atoms with Crippen LogP contribution in [0.5, 0.6) is 0 Å². The van der Waals surface area contributed by atoms with Gasteiger partial charge in [0.2, 0.25) is 0 Å². The molecule has 0 amide bonds. The maximum absolute atomic E-state index is 11.4. The van der Waals surface area contributed by atoms with E-state index in [1.165, 1.54) is 24.6 Å². The second-order valence-electron chi connectivity index (χ2n) is 14.5. The number of nitrogens with zero attached hydrogens (tertiary/aromatic N) is 1. The van der Waals surface area contributed by atoms with E-state index in [0.717, 1.165) is 37.1 Å². The zero-order valence-electron chi connectivity index (χ0n) is 34.4. The molecular weight excluding hydrogens is 891 g/mol. The number of aryl methyl sites for hydroxylation is 2. The molecule has 2 aliphatic heterocycles. The lowest BCUT2D eigenvalue weighted by atomic mass is 9.98. The van der Waals surface area contributed by atoms with Gasteiger partial charge in [-0.1, -0.05) is 31.2 Å².